The second-order valence-corrected chi connectivity index (χ2v) is 6.46. The lowest BCUT2D eigenvalue weighted by molar-refractivity contribution is 0.700. The summed E-state index contributed by atoms with van der Waals surface area (Å²) in [6, 6.07) is 13.1. The Morgan fingerprint density at radius 3 is 2.22 bits per heavy atom. The van der Waals surface area contributed by atoms with Gasteiger partial charge in [-0.3, -0.25) is 0 Å². The molecule has 0 aliphatic heterocycles. The van der Waals surface area contributed by atoms with E-state index in [9.17, 15) is 0 Å². The van der Waals surface area contributed by atoms with Crippen LogP contribution in [0.1, 0.15) is 47.5 Å². The Bertz CT molecular complexity index is 1130. The first-order valence-electron chi connectivity index (χ1n) is 10.2. The third-order valence-corrected chi connectivity index (χ3v) is 5.05. The standard InChI is InChI=1S/C23H20.2C2H6/c1-4-16-13-12-15(3)14-21-20-11-7-9-17-8-6-10-19(23(17)20)18(5-2)22(16)21;2*1-2/h4,6-11,14-15H,1-2,12-13H2,3H3;2*1-2H3. The van der Waals surface area contributed by atoms with Crippen molar-refractivity contribution in [3.05, 3.63) is 71.3 Å². The highest BCUT2D eigenvalue weighted by Gasteiger charge is 2.13. The van der Waals surface area contributed by atoms with E-state index in [1.807, 2.05) is 33.8 Å². The van der Waals surface area contributed by atoms with E-state index in [0.29, 0.717) is 5.92 Å². The summed E-state index contributed by atoms with van der Waals surface area (Å²) in [5.74, 6) is 0.559. The summed E-state index contributed by atoms with van der Waals surface area (Å²) in [5, 5.41) is 8.93. The van der Waals surface area contributed by atoms with Gasteiger partial charge < -0.3 is 0 Å². The van der Waals surface area contributed by atoms with Gasteiger partial charge >= 0.3 is 0 Å². The van der Waals surface area contributed by atoms with Gasteiger partial charge in [0, 0.05) is 10.4 Å². The van der Waals surface area contributed by atoms with E-state index >= 15 is 0 Å². The van der Waals surface area contributed by atoms with Crippen LogP contribution in [0, 0.1) is 5.92 Å². The highest BCUT2D eigenvalue weighted by molar-refractivity contribution is 6.10. The van der Waals surface area contributed by atoms with Gasteiger partial charge in [0.15, 0.2) is 0 Å². The van der Waals surface area contributed by atoms with Gasteiger partial charge in [-0.1, -0.05) is 96.3 Å². The van der Waals surface area contributed by atoms with Gasteiger partial charge in [0.2, 0.25) is 0 Å². The van der Waals surface area contributed by atoms with Crippen molar-refractivity contribution in [2.45, 2.75) is 47.5 Å². The zero-order valence-corrected chi connectivity index (χ0v) is 17.5. The molecule has 1 atom stereocenters. The lowest BCUT2D eigenvalue weighted by atomic mass is 9.94. The molecular weight excluding hydrogens is 324 g/mol. The average molecular weight is 357 g/mol. The second-order valence-electron chi connectivity index (χ2n) is 6.46. The Morgan fingerprint density at radius 2 is 1.63 bits per heavy atom. The molecular formula is C27H32. The molecule has 0 saturated carbocycles. The van der Waals surface area contributed by atoms with Gasteiger partial charge in [0.05, 0.1) is 0 Å². The Labute approximate surface area is 163 Å². The molecule has 3 aromatic carbocycles. The van der Waals surface area contributed by atoms with Gasteiger partial charge in [-0.2, -0.15) is 0 Å². The van der Waals surface area contributed by atoms with E-state index < -0.39 is 0 Å². The maximum absolute atomic E-state index is 4.07. The van der Waals surface area contributed by atoms with Gasteiger partial charge in [-0.25, -0.2) is 0 Å². The van der Waals surface area contributed by atoms with E-state index in [1.54, 1.807) is 0 Å². The number of allylic oxidation sites excluding steroid dienone is 1. The van der Waals surface area contributed by atoms with Crippen LogP contribution < -0.4 is 15.7 Å². The molecule has 0 N–H and O–H groups in total. The van der Waals surface area contributed by atoms with Crippen LogP contribution in [0.3, 0.4) is 0 Å². The van der Waals surface area contributed by atoms with Gasteiger partial charge in [0.25, 0.3) is 0 Å². The highest BCUT2D eigenvalue weighted by Crippen LogP contribution is 2.23. The first-order chi connectivity index (χ1) is 13.2. The lowest BCUT2D eigenvalue weighted by Gasteiger charge is -2.09. The summed E-state index contributed by atoms with van der Waals surface area (Å²) < 4.78 is 0. The van der Waals surface area contributed by atoms with E-state index in [-0.39, 0.29) is 0 Å². The molecule has 0 bridgehead atoms. The second kappa shape index (κ2) is 9.40. The van der Waals surface area contributed by atoms with Crippen molar-refractivity contribution < 1.29 is 0 Å². The Morgan fingerprint density at radius 1 is 1.00 bits per heavy atom. The summed E-state index contributed by atoms with van der Waals surface area (Å²) >= 11 is 0. The minimum absolute atomic E-state index is 0.559. The van der Waals surface area contributed by atoms with Crippen molar-refractivity contribution in [2.75, 3.05) is 0 Å². The predicted molar refractivity (Wildman–Crippen MR) is 124 cm³/mol. The van der Waals surface area contributed by atoms with Gasteiger partial charge in [-0.15, -0.1) is 5.73 Å². The van der Waals surface area contributed by atoms with Crippen LogP contribution in [0.2, 0.25) is 0 Å². The zero-order valence-electron chi connectivity index (χ0n) is 17.5. The fourth-order valence-corrected chi connectivity index (χ4v) is 3.95. The minimum atomic E-state index is 0.559. The van der Waals surface area contributed by atoms with Crippen LogP contribution in [0.15, 0.2) is 55.6 Å². The first-order valence-corrected chi connectivity index (χ1v) is 10.2. The number of fused-ring (bicyclic) bond motifs is 2. The van der Waals surface area contributed by atoms with Crippen LogP contribution in [-0.2, 0) is 0 Å². The highest BCUT2D eigenvalue weighted by atomic mass is 14.2. The molecule has 0 amide bonds. The largest absolute Gasteiger partial charge is 0.119 e. The number of rotatable bonds is 1. The van der Waals surface area contributed by atoms with Crippen molar-refractivity contribution in [3.63, 3.8) is 0 Å². The van der Waals surface area contributed by atoms with Crippen molar-refractivity contribution in [2.24, 2.45) is 5.92 Å². The van der Waals surface area contributed by atoms with Gasteiger partial charge in [0.1, 0.15) is 0 Å². The minimum Gasteiger partial charge on any atom is -0.119 e. The molecule has 140 valence electrons. The Kier molecular flexibility index (Phi) is 7.22. The summed E-state index contributed by atoms with van der Waals surface area (Å²) in [4.78, 5) is 0. The third kappa shape index (κ3) is 3.64. The van der Waals surface area contributed by atoms with Crippen molar-refractivity contribution >= 4 is 38.9 Å². The molecule has 0 saturated heterocycles. The molecule has 0 heterocycles. The predicted octanol–water partition coefficient (Wildman–Crippen LogP) is 5.88. The summed E-state index contributed by atoms with van der Waals surface area (Å²) in [6.45, 7) is 18.4. The first kappa shape index (κ1) is 20.7. The molecule has 0 radical (unpaired) electrons. The molecule has 0 fully saturated rings. The number of benzene rings is 3. The van der Waals surface area contributed by atoms with E-state index in [4.69, 9.17) is 0 Å². The molecule has 1 aliphatic rings. The summed E-state index contributed by atoms with van der Waals surface area (Å²) in [5.41, 5.74) is 4.55. The molecule has 0 nitrogen and oxygen atoms in total. The topological polar surface area (TPSA) is 0 Å². The van der Waals surface area contributed by atoms with Crippen LogP contribution in [-0.4, -0.2) is 0 Å². The summed E-state index contributed by atoms with van der Waals surface area (Å²) in [7, 11) is 0. The molecule has 1 unspecified atom stereocenters. The average Bonchev–Trinajstić information content (AvgIpc) is 2.90. The molecule has 3 aromatic rings. The monoisotopic (exact) mass is 356 g/mol. The Hall–Kier alpha value is -2.56. The zero-order chi connectivity index (χ0) is 20.0. The fraction of sp³-hybridized carbons (Fsp3) is 0.296. The van der Waals surface area contributed by atoms with E-state index in [1.165, 1.54) is 37.6 Å². The van der Waals surface area contributed by atoms with Crippen LogP contribution >= 0.6 is 0 Å². The molecule has 0 heteroatoms. The molecule has 4 rings (SSSR count). The Balaban J connectivity index is 0.000000614. The molecule has 0 aromatic heterocycles. The number of hydrogen-bond acceptors (Lipinski definition) is 0. The third-order valence-electron chi connectivity index (χ3n) is 5.05. The SMILES string of the molecule is C=C=c1c2c(c3cccc4cccc1c43)=CC(C)CCC=2C=C.CC.CC. The molecule has 1 aliphatic carbocycles. The maximum Gasteiger partial charge on any atom is 0.0318 e. The quantitative estimate of drug-likeness (QED) is 0.511. The van der Waals surface area contributed by atoms with Crippen molar-refractivity contribution in [1.29, 1.82) is 0 Å². The lowest BCUT2D eigenvalue weighted by Crippen LogP contribution is -2.41. The van der Waals surface area contributed by atoms with E-state index in [2.05, 4.69) is 68.3 Å². The maximum atomic E-state index is 4.07. The van der Waals surface area contributed by atoms with Crippen LogP contribution in [0.5, 0.6) is 0 Å². The summed E-state index contributed by atoms with van der Waals surface area (Å²) in [6.07, 6.45) is 6.66. The van der Waals surface area contributed by atoms with Crippen molar-refractivity contribution in [3.8, 4) is 0 Å². The van der Waals surface area contributed by atoms with E-state index in [0.717, 1.165) is 18.1 Å². The van der Waals surface area contributed by atoms with Crippen molar-refractivity contribution in [1.82, 2.24) is 0 Å². The normalized spacial score (nSPS) is 15.3. The van der Waals surface area contributed by atoms with Crippen LogP contribution in [0.4, 0.5) is 0 Å². The number of hydrogen-bond donors (Lipinski definition) is 0. The van der Waals surface area contributed by atoms with Crippen LogP contribution in [0.25, 0.3) is 38.9 Å². The fourth-order valence-electron chi connectivity index (χ4n) is 3.95. The molecule has 0 spiro atoms. The smallest absolute Gasteiger partial charge is 0.0318 e. The molecule has 27 heavy (non-hydrogen) atoms. The van der Waals surface area contributed by atoms with Gasteiger partial charge in [-0.05, 0) is 51.1 Å².